The predicted octanol–water partition coefficient (Wildman–Crippen LogP) is 3.48. The molecule has 1 N–H and O–H groups in total. The molecule has 1 unspecified atom stereocenters. The molecule has 2 rings (SSSR count). The average molecular weight is 347 g/mol. The van der Waals surface area contributed by atoms with Gasteiger partial charge in [0.2, 0.25) is 0 Å². The van der Waals surface area contributed by atoms with E-state index in [0.29, 0.717) is 17.0 Å². The number of rotatable bonds is 3. The third kappa shape index (κ3) is 3.50. The van der Waals surface area contributed by atoms with Crippen molar-refractivity contribution in [3.63, 3.8) is 0 Å². The molecular formula is C14H17BrClNO2. The minimum Gasteiger partial charge on any atom is -0.396 e. The Bertz CT molecular complexity index is 465. The van der Waals surface area contributed by atoms with Crippen molar-refractivity contribution in [2.75, 3.05) is 13.2 Å². The second kappa shape index (κ2) is 6.73. The number of hydrogen-bond acceptors (Lipinski definition) is 2. The van der Waals surface area contributed by atoms with Gasteiger partial charge < -0.3 is 10.0 Å². The molecule has 0 saturated carbocycles. The Balaban J connectivity index is 2.18. The number of nitrogens with zero attached hydrogens (tertiary/aromatic N) is 1. The van der Waals surface area contributed by atoms with E-state index in [1.807, 2.05) is 4.90 Å². The molecule has 0 aliphatic carbocycles. The van der Waals surface area contributed by atoms with Crippen molar-refractivity contribution in [2.45, 2.75) is 31.7 Å². The number of piperidine rings is 1. The van der Waals surface area contributed by atoms with Gasteiger partial charge in [-0.3, -0.25) is 4.79 Å². The summed E-state index contributed by atoms with van der Waals surface area (Å²) in [4.78, 5) is 14.4. The summed E-state index contributed by atoms with van der Waals surface area (Å²) in [5.74, 6) is 0.0236. The number of carbonyl (C=O) groups is 1. The zero-order valence-corrected chi connectivity index (χ0v) is 13.0. The van der Waals surface area contributed by atoms with Gasteiger partial charge in [-0.25, -0.2) is 0 Å². The Morgan fingerprint density at radius 2 is 2.26 bits per heavy atom. The number of amides is 1. The monoisotopic (exact) mass is 345 g/mol. The Kier molecular flexibility index (Phi) is 5.25. The Morgan fingerprint density at radius 3 is 2.95 bits per heavy atom. The standard InChI is InChI=1S/C14H17BrClNO2/c15-12-9-10(4-5-13(12)16)14(19)17-7-2-1-3-11(17)6-8-18/h4-5,9,11,18H,1-3,6-8H2. The molecule has 1 aliphatic heterocycles. The average Bonchev–Trinajstić information content (AvgIpc) is 2.42. The van der Waals surface area contributed by atoms with Gasteiger partial charge in [0, 0.05) is 29.2 Å². The smallest absolute Gasteiger partial charge is 0.254 e. The second-order valence-electron chi connectivity index (χ2n) is 4.79. The van der Waals surface area contributed by atoms with E-state index in [0.717, 1.165) is 30.3 Å². The molecule has 5 heteroatoms. The molecule has 0 radical (unpaired) electrons. The van der Waals surface area contributed by atoms with E-state index in [4.69, 9.17) is 16.7 Å². The zero-order valence-electron chi connectivity index (χ0n) is 10.6. The van der Waals surface area contributed by atoms with Crippen molar-refractivity contribution >= 4 is 33.4 Å². The van der Waals surface area contributed by atoms with E-state index in [1.54, 1.807) is 18.2 Å². The van der Waals surface area contributed by atoms with E-state index < -0.39 is 0 Å². The molecule has 1 heterocycles. The molecule has 1 amide bonds. The van der Waals surface area contributed by atoms with Gasteiger partial charge in [-0.2, -0.15) is 0 Å². The summed E-state index contributed by atoms with van der Waals surface area (Å²) in [5.41, 5.74) is 0.640. The highest BCUT2D eigenvalue weighted by atomic mass is 79.9. The Labute approximate surface area is 126 Å². The molecule has 1 saturated heterocycles. The van der Waals surface area contributed by atoms with Gasteiger partial charge >= 0.3 is 0 Å². The van der Waals surface area contributed by atoms with Crippen LogP contribution in [0.1, 0.15) is 36.0 Å². The van der Waals surface area contributed by atoms with Crippen molar-refractivity contribution in [1.29, 1.82) is 0 Å². The summed E-state index contributed by atoms with van der Waals surface area (Å²) < 4.78 is 0.732. The van der Waals surface area contributed by atoms with Gasteiger partial charge in [-0.1, -0.05) is 11.6 Å². The summed E-state index contributed by atoms with van der Waals surface area (Å²) in [6.45, 7) is 0.891. The lowest BCUT2D eigenvalue weighted by molar-refractivity contribution is 0.0574. The lowest BCUT2D eigenvalue weighted by atomic mass is 9.98. The second-order valence-corrected chi connectivity index (χ2v) is 6.05. The zero-order chi connectivity index (χ0) is 13.8. The summed E-state index contributed by atoms with van der Waals surface area (Å²) in [6.07, 6.45) is 3.78. The largest absolute Gasteiger partial charge is 0.396 e. The number of hydrogen-bond donors (Lipinski definition) is 1. The summed E-state index contributed by atoms with van der Waals surface area (Å²) in [6, 6.07) is 5.39. The first-order valence-electron chi connectivity index (χ1n) is 6.50. The van der Waals surface area contributed by atoms with E-state index >= 15 is 0 Å². The molecule has 0 bridgehead atoms. The van der Waals surface area contributed by atoms with Crippen molar-refractivity contribution in [3.05, 3.63) is 33.3 Å². The maximum atomic E-state index is 12.5. The maximum Gasteiger partial charge on any atom is 0.254 e. The minimum atomic E-state index is 0.0236. The van der Waals surface area contributed by atoms with Crippen LogP contribution >= 0.6 is 27.5 Å². The van der Waals surface area contributed by atoms with Crippen molar-refractivity contribution in [2.24, 2.45) is 0 Å². The summed E-state index contributed by atoms with van der Waals surface area (Å²) in [5, 5.41) is 9.71. The highest BCUT2D eigenvalue weighted by Gasteiger charge is 2.27. The maximum absolute atomic E-state index is 12.5. The van der Waals surface area contributed by atoms with Crippen LogP contribution in [-0.2, 0) is 0 Å². The quantitative estimate of drug-likeness (QED) is 0.910. The van der Waals surface area contributed by atoms with Crippen molar-refractivity contribution in [1.82, 2.24) is 4.90 Å². The van der Waals surface area contributed by atoms with Crippen molar-refractivity contribution in [3.8, 4) is 0 Å². The van der Waals surface area contributed by atoms with E-state index in [2.05, 4.69) is 15.9 Å². The number of halogens is 2. The first-order chi connectivity index (χ1) is 9.13. The number of benzene rings is 1. The fourth-order valence-electron chi connectivity index (χ4n) is 2.51. The molecule has 1 atom stereocenters. The summed E-state index contributed by atoms with van der Waals surface area (Å²) >= 11 is 9.29. The third-order valence-electron chi connectivity index (χ3n) is 3.52. The molecule has 1 fully saturated rings. The van der Waals surface area contributed by atoms with Crippen LogP contribution < -0.4 is 0 Å². The number of likely N-dealkylation sites (tertiary alicyclic amines) is 1. The van der Waals surface area contributed by atoms with Crippen LogP contribution in [0.25, 0.3) is 0 Å². The van der Waals surface area contributed by atoms with Crippen LogP contribution in [-0.4, -0.2) is 35.1 Å². The van der Waals surface area contributed by atoms with Gasteiger partial charge in [0.25, 0.3) is 5.91 Å². The van der Waals surface area contributed by atoms with Crippen LogP contribution in [0.5, 0.6) is 0 Å². The van der Waals surface area contributed by atoms with Gasteiger partial charge in [0.15, 0.2) is 0 Å². The number of carbonyl (C=O) groups excluding carboxylic acids is 1. The van der Waals surface area contributed by atoms with Gasteiger partial charge in [0.05, 0.1) is 5.02 Å². The van der Waals surface area contributed by atoms with Crippen molar-refractivity contribution < 1.29 is 9.90 Å². The molecular weight excluding hydrogens is 330 g/mol. The lowest BCUT2D eigenvalue weighted by Crippen LogP contribution is -2.44. The van der Waals surface area contributed by atoms with E-state index in [9.17, 15) is 4.79 Å². The fourth-order valence-corrected chi connectivity index (χ4v) is 3.01. The highest BCUT2D eigenvalue weighted by molar-refractivity contribution is 9.10. The lowest BCUT2D eigenvalue weighted by Gasteiger charge is -2.35. The Morgan fingerprint density at radius 1 is 1.47 bits per heavy atom. The van der Waals surface area contributed by atoms with Crippen LogP contribution in [0.3, 0.4) is 0 Å². The number of aliphatic hydroxyl groups excluding tert-OH is 1. The fraction of sp³-hybridized carbons (Fsp3) is 0.500. The molecule has 1 aliphatic rings. The summed E-state index contributed by atoms with van der Waals surface area (Å²) in [7, 11) is 0. The highest BCUT2D eigenvalue weighted by Crippen LogP contribution is 2.26. The molecule has 104 valence electrons. The Hall–Kier alpha value is -0.580. The van der Waals surface area contributed by atoms with Gasteiger partial charge in [0.1, 0.15) is 0 Å². The normalized spacial score (nSPS) is 19.5. The molecule has 0 spiro atoms. The molecule has 0 aromatic heterocycles. The number of aliphatic hydroxyl groups is 1. The molecule has 3 nitrogen and oxygen atoms in total. The first kappa shape index (κ1) is 14.8. The van der Waals surface area contributed by atoms with Crippen LogP contribution in [0.15, 0.2) is 22.7 Å². The van der Waals surface area contributed by atoms with Crippen LogP contribution in [0.4, 0.5) is 0 Å². The minimum absolute atomic E-state index is 0.0236. The third-order valence-corrected chi connectivity index (χ3v) is 4.73. The molecule has 19 heavy (non-hydrogen) atoms. The molecule has 1 aromatic carbocycles. The predicted molar refractivity (Wildman–Crippen MR) is 79.5 cm³/mol. The van der Waals surface area contributed by atoms with Crippen LogP contribution in [0.2, 0.25) is 5.02 Å². The van der Waals surface area contributed by atoms with Crippen LogP contribution in [0, 0.1) is 0 Å². The topological polar surface area (TPSA) is 40.5 Å². The van der Waals surface area contributed by atoms with Gasteiger partial charge in [-0.15, -0.1) is 0 Å². The van der Waals surface area contributed by atoms with E-state index in [1.165, 1.54) is 0 Å². The first-order valence-corrected chi connectivity index (χ1v) is 7.67. The van der Waals surface area contributed by atoms with E-state index in [-0.39, 0.29) is 18.6 Å². The SMILES string of the molecule is O=C(c1ccc(Cl)c(Br)c1)N1CCCCC1CCO. The molecule has 1 aromatic rings. The van der Waals surface area contributed by atoms with Gasteiger partial charge in [-0.05, 0) is 59.8 Å².